The first-order chi connectivity index (χ1) is 15.5. The Labute approximate surface area is 187 Å². The van der Waals surface area contributed by atoms with Crippen molar-refractivity contribution in [3.05, 3.63) is 114 Å². The lowest BCUT2D eigenvalue weighted by Crippen LogP contribution is -2.11. The van der Waals surface area contributed by atoms with E-state index in [4.69, 9.17) is 0 Å². The van der Waals surface area contributed by atoms with Crippen molar-refractivity contribution in [2.75, 3.05) is 4.90 Å². The predicted octanol–water partition coefficient (Wildman–Crippen LogP) is 7.78. The molecule has 0 amide bonds. The lowest BCUT2D eigenvalue weighted by molar-refractivity contribution is 0.0697. The summed E-state index contributed by atoms with van der Waals surface area (Å²) in [5.41, 5.74) is 5.70. The van der Waals surface area contributed by atoms with Gasteiger partial charge in [0.25, 0.3) is 0 Å². The van der Waals surface area contributed by atoms with E-state index in [0.717, 1.165) is 22.4 Å². The Balaban J connectivity index is 1.78. The van der Waals surface area contributed by atoms with Crippen LogP contribution in [0.3, 0.4) is 0 Å². The lowest BCUT2D eigenvalue weighted by atomic mass is 10.0. The number of rotatable bonds is 4. The van der Waals surface area contributed by atoms with Crippen LogP contribution in [-0.4, -0.2) is 11.1 Å². The van der Waals surface area contributed by atoms with Gasteiger partial charge in [-0.05, 0) is 83.6 Å². The number of carboxylic acid groups (broad SMARTS) is 1. The molecule has 0 saturated heterocycles. The van der Waals surface area contributed by atoms with Crippen molar-refractivity contribution in [3.8, 4) is 0 Å². The number of carboxylic acids is 1. The molecular weight excluding hydrogens is 394 g/mol. The van der Waals surface area contributed by atoms with Gasteiger partial charge in [-0.25, -0.2) is 4.79 Å². The van der Waals surface area contributed by atoms with Crippen molar-refractivity contribution in [1.29, 1.82) is 0 Å². The summed E-state index contributed by atoms with van der Waals surface area (Å²) in [6, 6.07) is 32.6. The van der Waals surface area contributed by atoms with Crippen LogP contribution in [0.4, 0.5) is 17.1 Å². The summed E-state index contributed by atoms with van der Waals surface area (Å²) < 4.78 is 0. The van der Waals surface area contributed by atoms with E-state index < -0.39 is 5.97 Å². The number of aryl methyl sites for hydroxylation is 2. The molecule has 3 nitrogen and oxygen atoms in total. The van der Waals surface area contributed by atoms with Crippen molar-refractivity contribution in [3.63, 3.8) is 0 Å². The highest BCUT2D eigenvalue weighted by atomic mass is 16.4. The number of benzene rings is 5. The number of hydrogen-bond acceptors (Lipinski definition) is 2. The van der Waals surface area contributed by atoms with E-state index in [9.17, 15) is 9.90 Å². The molecule has 0 radical (unpaired) electrons. The van der Waals surface area contributed by atoms with E-state index in [2.05, 4.69) is 91.5 Å². The Kier molecular flexibility index (Phi) is 4.87. The Morgan fingerprint density at radius 3 is 2.16 bits per heavy atom. The highest BCUT2D eigenvalue weighted by molar-refractivity contribution is 6.01. The van der Waals surface area contributed by atoms with E-state index in [-0.39, 0.29) is 5.56 Å². The molecule has 0 aliphatic heterocycles. The van der Waals surface area contributed by atoms with Crippen molar-refractivity contribution in [2.45, 2.75) is 13.8 Å². The molecule has 5 aromatic carbocycles. The molecule has 0 heterocycles. The molecule has 3 heteroatoms. The molecule has 5 aromatic rings. The van der Waals surface area contributed by atoms with Gasteiger partial charge in [-0.1, -0.05) is 54.6 Å². The maximum Gasteiger partial charge on any atom is 0.335 e. The molecule has 0 aromatic heterocycles. The predicted molar refractivity (Wildman–Crippen MR) is 133 cm³/mol. The Bertz CT molecular complexity index is 1470. The van der Waals surface area contributed by atoms with Gasteiger partial charge in [-0.3, -0.25) is 0 Å². The van der Waals surface area contributed by atoms with E-state index in [1.165, 1.54) is 27.3 Å². The van der Waals surface area contributed by atoms with Crippen molar-refractivity contribution in [1.82, 2.24) is 0 Å². The molecule has 0 aliphatic carbocycles. The number of aromatic carboxylic acids is 1. The van der Waals surface area contributed by atoms with Crippen LogP contribution in [-0.2, 0) is 0 Å². The summed E-state index contributed by atoms with van der Waals surface area (Å²) in [7, 11) is 0. The third-order valence-corrected chi connectivity index (χ3v) is 5.94. The van der Waals surface area contributed by atoms with Crippen LogP contribution in [0.5, 0.6) is 0 Å². The summed E-state index contributed by atoms with van der Waals surface area (Å²) in [5.74, 6) is -0.926. The number of anilines is 3. The number of fused-ring (bicyclic) bond motifs is 2. The first-order valence-electron chi connectivity index (χ1n) is 10.6. The maximum atomic E-state index is 11.4. The SMILES string of the molecule is Cc1cc(N(c2ccc(C(=O)O)cc2)c2ccc3c(C)cccc3c2)c2ccccc2c1. The van der Waals surface area contributed by atoms with Gasteiger partial charge >= 0.3 is 5.97 Å². The molecule has 0 saturated carbocycles. The van der Waals surface area contributed by atoms with Gasteiger partial charge in [-0.2, -0.15) is 0 Å². The largest absolute Gasteiger partial charge is 0.478 e. The zero-order chi connectivity index (χ0) is 22.2. The second-order valence-corrected chi connectivity index (χ2v) is 8.17. The minimum Gasteiger partial charge on any atom is -0.478 e. The van der Waals surface area contributed by atoms with Crippen LogP contribution in [0.1, 0.15) is 21.5 Å². The van der Waals surface area contributed by atoms with Crippen molar-refractivity contribution < 1.29 is 9.90 Å². The molecule has 1 N–H and O–H groups in total. The van der Waals surface area contributed by atoms with E-state index in [0.29, 0.717) is 0 Å². The molecule has 0 bridgehead atoms. The second-order valence-electron chi connectivity index (χ2n) is 8.17. The highest BCUT2D eigenvalue weighted by Gasteiger charge is 2.17. The fourth-order valence-corrected chi connectivity index (χ4v) is 4.37. The van der Waals surface area contributed by atoms with Gasteiger partial charge in [0, 0.05) is 16.8 Å². The highest BCUT2D eigenvalue weighted by Crippen LogP contribution is 2.40. The van der Waals surface area contributed by atoms with Gasteiger partial charge in [-0.15, -0.1) is 0 Å². The van der Waals surface area contributed by atoms with Crippen LogP contribution in [0.2, 0.25) is 0 Å². The molecule has 0 spiro atoms. The summed E-state index contributed by atoms with van der Waals surface area (Å²) >= 11 is 0. The minimum atomic E-state index is -0.926. The Morgan fingerprint density at radius 2 is 1.38 bits per heavy atom. The van der Waals surface area contributed by atoms with Crippen LogP contribution < -0.4 is 4.90 Å². The standard InChI is InChI=1S/C29H23NO2/c1-19-16-22-7-3-4-9-27(22)28(17-19)30(24-12-10-21(11-13-24)29(31)32)25-14-15-26-20(2)6-5-8-23(26)18-25/h3-18H,1-2H3,(H,31,32). The van der Waals surface area contributed by atoms with Crippen molar-refractivity contribution >= 4 is 44.6 Å². The minimum absolute atomic E-state index is 0.275. The lowest BCUT2D eigenvalue weighted by Gasteiger charge is -2.28. The van der Waals surface area contributed by atoms with Crippen LogP contribution in [0.15, 0.2) is 97.1 Å². The third-order valence-electron chi connectivity index (χ3n) is 5.94. The number of nitrogens with zero attached hydrogens (tertiary/aromatic N) is 1. The average Bonchev–Trinajstić information content (AvgIpc) is 2.79. The molecule has 0 atom stereocenters. The quantitative estimate of drug-likeness (QED) is 0.325. The molecule has 5 rings (SSSR count). The summed E-state index contributed by atoms with van der Waals surface area (Å²) in [6.45, 7) is 4.23. The smallest absolute Gasteiger partial charge is 0.335 e. The third kappa shape index (κ3) is 3.48. The first kappa shape index (κ1) is 19.8. The van der Waals surface area contributed by atoms with Crippen LogP contribution in [0.25, 0.3) is 21.5 Å². The van der Waals surface area contributed by atoms with Gasteiger partial charge < -0.3 is 10.0 Å². The normalized spacial score (nSPS) is 11.1. The number of hydrogen-bond donors (Lipinski definition) is 1. The topological polar surface area (TPSA) is 40.5 Å². The van der Waals surface area contributed by atoms with E-state index >= 15 is 0 Å². The molecular formula is C29H23NO2. The monoisotopic (exact) mass is 417 g/mol. The molecule has 0 fully saturated rings. The zero-order valence-corrected chi connectivity index (χ0v) is 18.0. The zero-order valence-electron chi connectivity index (χ0n) is 18.0. The van der Waals surface area contributed by atoms with E-state index in [1.807, 2.05) is 12.1 Å². The maximum absolute atomic E-state index is 11.4. The summed E-state index contributed by atoms with van der Waals surface area (Å²) in [6.07, 6.45) is 0. The second kappa shape index (κ2) is 7.86. The Hall–Kier alpha value is -4.11. The van der Waals surface area contributed by atoms with Gasteiger partial charge in [0.2, 0.25) is 0 Å². The molecule has 0 unspecified atom stereocenters. The summed E-state index contributed by atoms with van der Waals surface area (Å²) in [5, 5.41) is 14.1. The van der Waals surface area contributed by atoms with Gasteiger partial charge in [0.15, 0.2) is 0 Å². The average molecular weight is 418 g/mol. The fourth-order valence-electron chi connectivity index (χ4n) is 4.37. The summed E-state index contributed by atoms with van der Waals surface area (Å²) in [4.78, 5) is 13.6. The first-order valence-corrected chi connectivity index (χ1v) is 10.6. The molecule has 156 valence electrons. The van der Waals surface area contributed by atoms with Crippen LogP contribution in [0, 0.1) is 13.8 Å². The van der Waals surface area contributed by atoms with Gasteiger partial charge in [0.1, 0.15) is 0 Å². The number of carbonyl (C=O) groups is 1. The Morgan fingerprint density at radius 1 is 0.688 bits per heavy atom. The fraction of sp³-hybridized carbons (Fsp3) is 0.0690. The van der Waals surface area contributed by atoms with E-state index in [1.54, 1.807) is 12.1 Å². The molecule has 0 aliphatic rings. The van der Waals surface area contributed by atoms with Crippen LogP contribution >= 0.6 is 0 Å². The molecule has 32 heavy (non-hydrogen) atoms. The van der Waals surface area contributed by atoms with Crippen molar-refractivity contribution in [2.24, 2.45) is 0 Å². The van der Waals surface area contributed by atoms with Gasteiger partial charge in [0.05, 0.1) is 11.3 Å².